The number of hydrogen-bond donors (Lipinski definition) is 1. The highest BCUT2D eigenvalue weighted by molar-refractivity contribution is 8.00. The summed E-state index contributed by atoms with van der Waals surface area (Å²) >= 11 is 0.939. The maximum Gasteiger partial charge on any atom is 0.416 e. The predicted molar refractivity (Wildman–Crippen MR) is 128 cm³/mol. The molecule has 0 saturated carbocycles. The lowest BCUT2D eigenvalue weighted by molar-refractivity contribution is -0.143. The molecule has 0 unspecified atom stereocenters. The lowest BCUT2D eigenvalue weighted by Crippen LogP contribution is -2.37. The number of ether oxygens (including phenoxy) is 1. The quantitative estimate of drug-likeness (QED) is 0.294. The van der Waals surface area contributed by atoms with Crippen molar-refractivity contribution >= 4 is 23.4 Å². The molecule has 14 heteroatoms. The number of nitrogens with zero attached hydrogens (tertiary/aromatic N) is 3. The SMILES string of the molecule is O=C(CSc1nc(=O)n(CCCN2CCOCC2)c2c1CCC2)Nc1cc(C(F)(F)F)cc(C(F)(F)F)c1. The first-order chi connectivity index (χ1) is 17.9. The van der Waals surface area contributed by atoms with Gasteiger partial charge in [-0.05, 0) is 43.9 Å². The number of morpholine rings is 1. The first-order valence-corrected chi connectivity index (χ1v) is 13.0. The Morgan fingerprint density at radius 2 is 1.66 bits per heavy atom. The summed E-state index contributed by atoms with van der Waals surface area (Å²) in [5.41, 5.74) is -2.39. The minimum Gasteiger partial charge on any atom is -0.379 e. The van der Waals surface area contributed by atoms with Crippen LogP contribution in [0.1, 0.15) is 35.2 Å². The van der Waals surface area contributed by atoms with Crippen LogP contribution in [0.3, 0.4) is 0 Å². The highest BCUT2D eigenvalue weighted by Gasteiger charge is 2.37. The van der Waals surface area contributed by atoms with E-state index in [0.29, 0.717) is 49.8 Å². The zero-order valence-electron chi connectivity index (χ0n) is 20.3. The van der Waals surface area contributed by atoms with Crippen LogP contribution >= 0.6 is 11.8 Å². The number of amides is 1. The maximum atomic E-state index is 13.1. The number of carbonyl (C=O) groups is 1. The second kappa shape index (κ2) is 11.7. The topological polar surface area (TPSA) is 76.5 Å². The molecule has 0 atom stereocenters. The molecule has 0 radical (unpaired) electrons. The number of carbonyl (C=O) groups excluding carboxylic acids is 1. The number of fused-ring (bicyclic) bond motifs is 1. The summed E-state index contributed by atoms with van der Waals surface area (Å²) in [4.78, 5) is 31.6. The highest BCUT2D eigenvalue weighted by Crippen LogP contribution is 2.37. The standard InChI is InChI=1S/C24H26F6N4O3S/c25-23(26,27)15-11-16(24(28,29)30)13-17(12-15)31-20(35)14-38-21-18-3-1-4-19(18)34(22(36)32-21)6-2-5-33-7-9-37-10-8-33/h11-13H,1-10,14H2,(H,31,35). The van der Waals surface area contributed by atoms with Gasteiger partial charge in [-0.3, -0.25) is 14.3 Å². The molecule has 1 aromatic carbocycles. The molecular weight excluding hydrogens is 538 g/mol. The lowest BCUT2D eigenvalue weighted by atomic mass is 10.1. The third-order valence-electron chi connectivity index (χ3n) is 6.37. The number of hydrogen-bond acceptors (Lipinski definition) is 6. The van der Waals surface area contributed by atoms with Gasteiger partial charge in [-0.1, -0.05) is 11.8 Å². The normalized spacial score (nSPS) is 16.5. The fourth-order valence-electron chi connectivity index (χ4n) is 4.57. The second-order valence-electron chi connectivity index (χ2n) is 9.07. The summed E-state index contributed by atoms with van der Waals surface area (Å²) in [6.45, 7) is 4.41. The third kappa shape index (κ3) is 7.08. The van der Waals surface area contributed by atoms with Crippen LogP contribution < -0.4 is 11.0 Å². The molecule has 7 nitrogen and oxygen atoms in total. The van der Waals surface area contributed by atoms with Crippen molar-refractivity contribution in [1.29, 1.82) is 0 Å². The number of halogens is 6. The van der Waals surface area contributed by atoms with Gasteiger partial charge >= 0.3 is 18.0 Å². The number of aromatic nitrogens is 2. The molecule has 2 aromatic rings. The highest BCUT2D eigenvalue weighted by atomic mass is 32.2. The van der Waals surface area contributed by atoms with Crippen molar-refractivity contribution < 1.29 is 35.9 Å². The van der Waals surface area contributed by atoms with E-state index in [4.69, 9.17) is 4.74 Å². The number of rotatable bonds is 8. The first kappa shape index (κ1) is 28.4. The van der Waals surface area contributed by atoms with Gasteiger partial charge in [-0.15, -0.1) is 0 Å². The van der Waals surface area contributed by atoms with Crippen LogP contribution in [0.25, 0.3) is 0 Å². The van der Waals surface area contributed by atoms with Gasteiger partial charge in [0.1, 0.15) is 5.03 Å². The number of alkyl halides is 6. The molecule has 1 saturated heterocycles. The Kier molecular flexibility index (Phi) is 8.72. The Balaban J connectivity index is 1.42. The fraction of sp³-hybridized carbons (Fsp3) is 0.542. The Hall–Kier alpha value is -2.58. The minimum atomic E-state index is -5.02. The average Bonchev–Trinajstić information content (AvgIpc) is 3.33. The van der Waals surface area contributed by atoms with E-state index < -0.39 is 40.8 Å². The summed E-state index contributed by atoms with van der Waals surface area (Å²) < 4.78 is 85.5. The van der Waals surface area contributed by atoms with E-state index >= 15 is 0 Å². The van der Waals surface area contributed by atoms with Crippen molar-refractivity contribution in [1.82, 2.24) is 14.5 Å². The summed E-state index contributed by atoms with van der Waals surface area (Å²) in [6, 6.07) is 0.894. The first-order valence-electron chi connectivity index (χ1n) is 12.1. The predicted octanol–water partition coefficient (Wildman–Crippen LogP) is 4.22. The zero-order valence-corrected chi connectivity index (χ0v) is 21.1. The van der Waals surface area contributed by atoms with Gasteiger partial charge in [0.05, 0.1) is 30.1 Å². The van der Waals surface area contributed by atoms with Gasteiger partial charge in [-0.25, -0.2) is 4.79 Å². The van der Waals surface area contributed by atoms with E-state index in [9.17, 15) is 35.9 Å². The average molecular weight is 565 g/mol. The van der Waals surface area contributed by atoms with Gasteiger partial charge in [0.25, 0.3) is 0 Å². The number of nitrogens with one attached hydrogen (secondary N) is 1. The number of benzene rings is 1. The molecule has 1 N–H and O–H groups in total. The molecule has 2 heterocycles. The lowest BCUT2D eigenvalue weighted by Gasteiger charge is -2.26. The van der Waals surface area contributed by atoms with Crippen LogP contribution in [-0.4, -0.2) is 59.0 Å². The largest absolute Gasteiger partial charge is 0.416 e. The smallest absolute Gasteiger partial charge is 0.379 e. The van der Waals surface area contributed by atoms with E-state index in [1.807, 2.05) is 0 Å². The van der Waals surface area contributed by atoms with Crippen molar-refractivity contribution in [2.45, 2.75) is 49.6 Å². The van der Waals surface area contributed by atoms with E-state index in [0.717, 1.165) is 55.5 Å². The Morgan fingerprint density at radius 1 is 1.00 bits per heavy atom. The minimum absolute atomic E-state index is 0.00637. The van der Waals surface area contributed by atoms with E-state index in [1.54, 1.807) is 4.57 Å². The zero-order chi connectivity index (χ0) is 27.5. The van der Waals surface area contributed by atoms with Gasteiger partial charge in [0.15, 0.2) is 0 Å². The van der Waals surface area contributed by atoms with Gasteiger partial charge in [-0.2, -0.15) is 31.3 Å². The summed E-state index contributed by atoms with van der Waals surface area (Å²) in [7, 11) is 0. The second-order valence-corrected chi connectivity index (χ2v) is 10.0. The number of thioether (sulfide) groups is 1. The van der Waals surface area contributed by atoms with Gasteiger partial charge in [0.2, 0.25) is 5.91 Å². The van der Waals surface area contributed by atoms with Crippen molar-refractivity contribution in [2.24, 2.45) is 0 Å². The van der Waals surface area contributed by atoms with Crippen LogP contribution in [0.4, 0.5) is 32.0 Å². The van der Waals surface area contributed by atoms with Crippen LogP contribution in [0.2, 0.25) is 0 Å². The molecule has 2 aliphatic rings. The molecule has 1 fully saturated rings. The monoisotopic (exact) mass is 564 g/mol. The molecule has 1 aliphatic carbocycles. The third-order valence-corrected chi connectivity index (χ3v) is 7.39. The molecular formula is C24H26F6N4O3S. The fourth-order valence-corrected chi connectivity index (χ4v) is 5.45. The van der Waals surface area contributed by atoms with Crippen LogP contribution in [0, 0.1) is 0 Å². The maximum absolute atomic E-state index is 13.1. The van der Waals surface area contributed by atoms with E-state index in [2.05, 4.69) is 15.2 Å². The van der Waals surface area contributed by atoms with Gasteiger partial charge in [0, 0.05) is 43.1 Å². The molecule has 1 aromatic heterocycles. The molecule has 0 spiro atoms. The van der Waals surface area contributed by atoms with Crippen molar-refractivity contribution in [3.63, 3.8) is 0 Å². The van der Waals surface area contributed by atoms with E-state index in [1.165, 1.54) is 0 Å². The molecule has 4 rings (SSSR count). The summed E-state index contributed by atoms with van der Waals surface area (Å²) in [5, 5.41) is 2.47. The Bertz CT molecular complexity index is 1190. The van der Waals surface area contributed by atoms with E-state index in [-0.39, 0.29) is 11.8 Å². The Morgan fingerprint density at radius 3 is 2.29 bits per heavy atom. The molecule has 0 bridgehead atoms. The summed E-state index contributed by atoms with van der Waals surface area (Å²) in [5.74, 6) is -1.15. The molecule has 38 heavy (non-hydrogen) atoms. The van der Waals surface area contributed by atoms with Gasteiger partial charge < -0.3 is 10.1 Å². The Labute approximate surface area is 218 Å². The van der Waals surface area contributed by atoms with Crippen LogP contribution in [-0.2, 0) is 41.3 Å². The number of anilines is 1. The molecule has 1 aliphatic heterocycles. The summed E-state index contributed by atoms with van der Waals surface area (Å²) in [6.07, 6.45) is -7.11. The van der Waals surface area contributed by atoms with Crippen molar-refractivity contribution in [3.8, 4) is 0 Å². The van der Waals surface area contributed by atoms with Crippen LogP contribution in [0.15, 0.2) is 28.0 Å². The van der Waals surface area contributed by atoms with Crippen molar-refractivity contribution in [2.75, 3.05) is 43.9 Å². The van der Waals surface area contributed by atoms with Crippen molar-refractivity contribution in [3.05, 3.63) is 51.1 Å². The molecule has 208 valence electrons. The van der Waals surface area contributed by atoms with Crippen LogP contribution in [0.5, 0.6) is 0 Å². The molecule has 1 amide bonds.